The molecule has 0 radical (unpaired) electrons. The van der Waals surface area contributed by atoms with E-state index in [9.17, 15) is 0 Å². The summed E-state index contributed by atoms with van der Waals surface area (Å²) in [7, 11) is 0. The summed E-state index contributed by atoms with van der Waals surface area (Å²) in [6.07, 6.45) is 7.68. The fourth-order valence-electron chi connectivity index (χ4n) is 0.428. The summed E-state index contributed by atoms with van der Waals surface area (Å²) in [5.74, 6) is 0. The van der Waals surface area contributed by atoms with Gasteiger partial charge in [-0.2, -0.15) is 0 Å². The Morgan fingerprint density at radius 1 is 1.67 bits per heavy atom. The van der Waals surface area contributed by atoms with Gasteiger partial charge in [0.25, 0.3) is 0 Å². The molecule has 0 N–H and O–H groups in total. The monoisotopic (exact) mass is 217 g/mol. The molecule has 31 valence electrons. The van der Waals surface area contributed by atoms with Crippen LogP contribution in [0.2, 0.25) is 0 Å². The zero-order valence-corrected chi connectivity index (χ0v) is 5.97. The first kappa shape index (κ1) is 4.96. The normalized spacial score (nSPS) is 18.3. The van der Waals surface area contributed by atoms with E-state index in [1.807, 2.05) is 0 Å². The van der Waals surface area contributed by atoms with Gasteiger partial charge in [-0.1, -0.05) is 0 Å². The molecular weight excluding hydrogens is 210 g/mol. The molecule has 1 heteroatoms. The van der Waals surface area contributed by atoms with Crippen LogP contribution in [0.25, 0.3) is 0 Å². The van der Waals surface area contributed by atoms with Gasteiger partial charge in [0.05, 0.1) is 0 Å². The Hall–Kier alpha value is 0.818. The van der Waals surface area contributed by atoms with E-state index in [1.165, 1.54) is 6.42 Å². The standard InChI is InChI=1S/C5H5.Sm/c1-2-4-5-3-1;/h1-3H,4H2;. The van der Waals surface area contributed by atoms with Gasteiger partial charge in [0.2, 0.25) is 0 Å². The SMILES string of the molecule is [Sm][C]1=CC=CC1. The maximum absolute atomic E-state index is 2.18. The van der Waals surface area contributed by atoms with Crippen LogP contribution >= 0.6 is 0 Å². The van der Waals surface area contributed by atoms with Crippen molar-refractivity contribution in [3.8, 4) is 0 Å². The van der Waals surface area contributed by atoms with Crippen LogP contribution in [0.1, 0.15) is 6.42 Å². The number of rotatable bonds is 0. The van der Waals surface area contributed by atoms with Gasteiger partial charge in [-0.25, -0.2) is 0 Å². The summed E-state index contributed by atoms with van der Waals surface area (Å²) in [6.45, 7) is 0. The van der Waals surface area contributed by atoms with Gasteiger partial charge in [-0.3, -0.25) is 0 Å². The summed E-state index contributed by atoms with van der Waals surface area (Å²) in [5.41, 5.74) is 0. The molecule has 0 heterocycles. The Morgan fingerprint density at radius 2 is 2.50 bits per heavy atom. The Morgan fingerprint density at radius 3 is 2.67 bits per heavy atom. The van der Waals surface area contributed by atoms with Crippen molar-refractivity contribution in [3.63, 3.8) is 0 Å². The van der Waals surface area contributed by atoms with E-state index in [-0.39, 0.29) is 0 Å². The Balaban J connectivity index is 2.61. The molecule has 6 heavy (non-hydrogen) atoms. The third-order valence-corrected chi connectivity index (χ3v) is 1.71. The van der Waals surface area contributed by atoms with E-state index in [0.717, 1.165) is 0 Å². The third-order valence-electron chi connectivity index (χ3n) is 0.737. The van der Waals surface area contributed by atoms with Gasteiger partial charge < -0.3 is 0 Å². The Kier molecular flexibility index (Phi) is 1.83. The molecule has 0 nitrogen and oxygen atoms in total. The Labute approximate surface area is 63.6 Å². The molecule has 1 rings (SSSR count). The number of allylic oxidation sites excluding steroid dienone is 4. The average Bonchev–Trinajstić information content (AvgIpc) is 1.86. The van der Waals surface area contributed by atoms with Crippen molar-refractivity contribution in [2.24, 2.45) is 0 Å². The van der Waals surface area contributed by atoms with Gasteiger partial charge in [0, 0.05) is 0 Å². The molecule has 0 bridgehead atoms. The molecule has 0 aromatic carbocycles. The molecule has 0 amide bonds. The van der Waals surface area contributed by atoms with Crippen molar-refractivity contribution in [3.05, 3.63) is 19.5 Å². The molecule has 0 fully saturated rings. The van der Waals surface area contributed by atoms with E-state index in [0.29, 0.717) is 0 Å². The van der Waals surface area contributed by atoms with Crippen molar-refractivity contribution in [2.45, 2.75) is 6.42 Å². The topological polar surface area (TPSA) is 0 Å². The van der Waals surface area contributed by atoms with Crippen LogP contribution in [0, 0.1) is 38.3 Å². The van der Waals surface area contributed by atoms with E-state index < -0.39 is 0 Å². The molecule has 1 aliphatic carbocycles. The second-order valence-corrected chi connectivity index (χ2v) is 2.95. The van der Waals surface area contributed by atoms with E-state index in [4.69, 9.17) is 0 Å². The van der Waals surface area contributed by atoms with E-state index in [2.05, 4.69) is 18.2 Å². The quantitative estimate of drug-likeness (QED) is 0.573. The predicted molar refractivity (Wildman–Crippen MR) is 21.8 cm³/mol. The minimum atomic E-state index is 1.20. The van der Waals surface area contributed by atoms with Crippen LogP contribution in [0.5, 0.6) is 0 Å². The molecule has 0 aromatic rings. The van der Waals surface area contributed by atoms with Crippen LogP contribution in [0.4, 0.5) is 0 Å². The van der Waals surface area contributed by atoms with Crippen LogP contribution < -0.4 is 0 Å². The summed E-state index contributed by atoms with van der Waals surface area (Å²) in [4.78, 5) is 0. The minimum absolute atomic E-state index is 1.20. The Bertz CT molecular complexity index is 101. The first-order chi connectivity index (χ1) is 2.89. The third kappa shape index (κ3) is 1.15. The van der Waals surface area contributed by atoms with Crippen molar-refractivity contribution >= 4 is 0 Å². The molecule has 0 atom stereocenters. The molecule has 0 saturated heterocycles. The van der Waals surface area contributed by atoms with Gasteiger partial charge >= 0.3 is 64.3 Å². The summed E-state index contributed by atoms with van der Waals surface area (Å²) < 4.78 is 1.55. The molecule has 0 aliphatic heterocycles. The van der Waals surface area contributed by atoms with Gasteiger partial charge in [0.1, 0.15) is 0 Å². The molecule has 0 spiro atoms. The second-order valence-electron chi connectivity index (χ2n) is 1.27. The average molecular weight is 215 g/mol. The van der Waals surface area contributed by atoms with Crippen LogP contribution in [-0.2, 0) is 0 Å². The molecule has 1 aliphatic rings. The second kappa shape index (κ2) is 2.21. The molecule has 0 saturated carbocycles. The molecular formula is C5H5Sm. The summed E-state index contributed by atoms with van der Waals surface area (Å²) in [6, 6.07) is 0. The van der Waals surface area contributed by atoms with Crippen LogP contribution in [0.3, 0.4) is 0 Å². The fraction of sp³-hybridized carbons (Fsp3) is 0.200. The van der Waals surface area contributed by atoms with E-state index in [1.54, 1.807) is 39.6 Å². The predicted octanol–water partition coefficient (Wildman–Crippen LogP) is 1.38. The fourth-order valence-corrected chi connectivity index (χ4v) is 0.988. The molecule has 0 aromatic heterocycles. The van der Waals surface area contributed by atoms with Crippen molar-refractivity contribution in [1.29, 1.82) is 0 Å². The van der Waals surface area contributed by atoms with Gasteiger partial charge in [-0.05, 0) is 0 Å². The van der Waals surface area contributed by atoms with Crippen LogP contribution in [-0.4, -0.2) is 0 Å². The van der Waals surface area contributed by atoms with Gasteiger partial charge in [-0.15, -0.1) is 0 Å². The first-order valence-corrected chi connectivity index (χ1v) is 3.23. The maximum atomic E-state index is 2.18. The molecule has 0 unspecified atom stereocenters. The number of hydrogen-bond acceptors (Lipinski definition) is 0. The zero-order valence-electron chi connectivity index (χ0n) is 3.35. The van der Waals surface area contributed by atoms with Crippen molar-refractivity contribution < 1.29 is 38.3 Å². The summed E-state index contributed by atoms with van der Waals surface area (Å²) >= 11 is 1.61. The summed E-state index contributed by atoms with van der Waals surface area (Å²) in [5, 5.41) is 0. The van der Waals surface area contributed by atoms with Crippen LogP contribution in [0.15, 0.2) is 19.5 Å². The first-order valence-electron chi connectivity index (χ1n) is 1.92. The van der Waals surface area contributed by atoms with E-state index >= 15 is 0 Å². The van der Waals surface area contributed by atoms with Crippen molar-refractivity contribution in [1.82, 2.24) is 0 Å². The number of hydrogen-bond donors (Lipinski definition) is 0. The van der Waals surface area contributed by atoms with Gasteiger partial charge in [0.15, 0.2) is 0 Å². The van der Waals surface area contributed by atoms with Crippen molar-refractivity contribution in [2.75, 3.05) is 0 Å². The zero-order chi connectivity index (χ0) is 4.41.